The van der Waals surface area contributed by atoms with Crippen molar-refractivity contribution in [3.63, 3.8) is 0 Å². The molecule has 0 heterocycles. The lowest BCUT2D eigenvalue weighted by molar-refractivity contribution is -0.154. The number of nitrogens with zero attached hydrogens (tertiary/aromatic N) is 1. The van der Waals surface area contributed by atoms with E-state index in [0.29, 0.717) is 5.56 Å². The second kappa shape index (κ2) is 4.80. The summed E-state index contributed by atoms with van der Waals surface area (Å²) in [5.41, 5.74) is 0.772. The summed E-state index contributed by atoms with van der Waals surface area (Å²) in [6.45, 7) is 5.54. The minimum absolute atomic E-state index is 0.153. The van der Waals surface area contributed by atoms with E-state index >= 15 is 0 Å². The fourth-order valence-electron chi connectivity index (χ4n) is 1.12. The van der Waals surface area contributed by atoms with E-state index in [1.165, 1.54) is 0 Å². The molecule has 84 valence electrons. The third kappa shape index (κ3) is 3.09. The third-order valence-electron chi connectivity index (χ3n) is 2.11. The van der Waals surface area contributed by atoms with Crippen molar-refractivity contribution in [2.45, 2.75) is 27.4 Å². The number of carbonyl (C=O) groups is 1. The second-order valence-electron chi connectivity index (χ2n) is 4.60. The molecule has 0 aromatic heterocycles. The van der Waals surface area contributed by atoms with E-state index in [1.807, 2.05) is 6.07 Å². The third-order valence-corrected chi connectivity index (χ3v) is 2.11. The van der Waals surface area contributed by atoms with Gasteiger partial charge in [-0.3, -0.25) is 4.79 Å². The zero-order valence-corrected chi connectivity index (χ0v) is 9.78. The molecular weight excluding hydrogens is 202 g/mol. The summed E-state index contributed by atoms with van der Waals surface area (Å²) < 4.78 is 5.14. The summed E-state index contributed by atoms with van der Waals surface area (Å²) in [6, 6.07) is 9.17. The fourth-order valence-corrected chi connectivity index (χ4v) is 1.12. The monoisotopic (exact) mass is 217 g/mol. The van der Waals surface area contributed by atoms with Crippen molar-refractivity contribution in [3.8, 4) is 6.07 Å². The molecule has 0 amide bonds. The van der Waals surface area contributed by atoms with Crippen molar-refractivity contribution in [1.29, 1.82) is 5.26 Å². The molecule has 0 radical (unpaired) electrons. The molecule has 0 saturated carbocycles. The van der Waals surface area contributed by atoms with Gasteiger partial charge in [-0.15, -0.1) is 0 Å². The van der Waals surface area contributed by atoms with Crippen LogP contribution in [-0.4, -0.2) is 5.97 Å². The molecule has 0 spiro atoms. The van der Waals surface area contributed by atoms with E-state index in [0.717, 1.165) is 5.56 Å². The second-order valence-corrected chi connectivity index (χ2v) is 4.60. The summed E-state index contributed by atoms with van der Waals surface area (Å²) in [4.78, 5) is 11.5. The van der Waals surface area contributed by atoms with Crippen LogP contribution >= 0.6 is 0 Å². The first-order valence-electron chi connectivity index (χ1n) is 5.10. The lowest BCUT2D eigenvalue weighted by Gasteiger charge is -2.16. The molecule has 0 unspecified atom stereocenters. The van der Waals surface area contributed by atoms with Crippen LogP contribution < -0.4 is 0 Å². The SMILES string of the molecule is CC(C)(C)C(=O)OCc1ccccc1C#N. The van der Waals surface area contributed by atoms with Crippen molar-refractivity contribution in [2.75, 3.05) is 0 Å². The van der Waals surface area contributed by atoms with E-state index in [-0.39, 0.29) is 12.6 Å². The summed E-state index contributed by atoms with van der Waals surface area (Å²) in [5, 5.41) is 8.85. The molecule has 3 heteroatoms. The maximum Gasteiger partial charge on any atom is 0.311 e. The number of esters is 1. The van der Waals surface area contributed by atoms with E-state index in [2.05, 4.69) is 6.07 Å². The van der Waals surface area contributed by atoms with Crippen LogP contribution in [0.4, 0.5) is 0 Å². The molecule has 0 N–H and O–H groups in total. The molecule has 0 fully saturated rings. The first-order valence-corrected chi connectivity index (χ1v) is 5.10. The van der Waals surface area contributed by atoms with Gasteiger partial charge in [0.1, 0.15) is 6.61 Å². The van der Waals surface area contributed by atoms with E-state index in [9.17, 15) is 4.79 Å². The quantitative estimate of drug-likeness (QED) is 0.715. The van der Waals surface area contributed by atoms with E-state index < -0.39 is 5.41 Å². The van der Waals surface area contributed by atoms with Crippen molar-refractivity contribution in [1.82, 2.24) is 0 Å². The molecule has 0 atom stereocenters. The van der Waals surface area contributed by atoms with Gasteiger partial charge < -0.3 is 4.74 Å². The van der Waals surface area contributed by atoms with Gasteiger partial charge in [-0.1, -0.05) is 18.2 Å². The Kier molecular flexibility index (Phi) is 3.68. The highest BCUT2D eigenvalue weighted by molar-refractivity contribution is 5.75. The summed E-state index contributed by atoms with van der Waals surface area (Å²) in [7, 11) is 0. The lowest BCUT2D eigenvalue weighted by atomic mass is 9.97. The van der Waals surface area contributed by atoms with Gasteiger partial charge >= 0.3 is 5.97 Å². The minimum Gasteiger partial charge on any atom is -0.460 e. The van der Waals surface area contributed by atoms with Crippen molar-refractivity contribution >= 4 is 5.97 Å². The molecule has 16 heavy (non-hydrogen) atoms. The number of rotatable bonds is 2. The molecule has 0 aliphatic rings. The Labute approximate surface area is 95.7 Å². The number of benzene rings is 1. The maximum absolute atomic E-state index is 11.5. The average molecular weight is 217 g/mol. The Morgan fingerprint density at radius 2 is 2.00 bits per heavy atom. The van der Waals surface area contributed by atoms with Crippen molar-refractivity contribution in [3.05, 3.63) is 35.4 Å². The van der Waals surface area contributed by atoms with Crippen LogP contribution in [0.2, 0.25) is 0 Å². The highest BCUT2D eigenvalue weighted by atomic mass is 16.5. The molecule has 0 aliphatic heterocycles. The maximum atomic E-state index is 11.5. The fraction of sp³-hybridized carbons (Fsp3) is 0.385. The summed E-state index contributed by atoms with van der Waals surface area (Å²) in [5.74, 6) is -0.264. The summed E-state index contributed by atoms with van der Waals surface area (Å²) in [6.07, 6.45) is 0. The predicted molar refractivity (Wildman–Crippen MR) is 60.4 cm³/mol. The molecule has 0 saturated heterocycles. The standard InChI is InChI=1S/C13H15NO2/c1-13(2,3)12(15)16-9-11-7-5-4-6-10(11)8-14/h4-7H,9H2,1-3H3. The largest absolute Gasteiger partial charge is 0.460 e. The summed E-state index contributed by atoms with van der Waals surface area (Å²) >= 11 is 0. The lowest BCUT2D eigenvalue weighted by Crippen LogP contribution is -2.22. The number of ether oxygens (including phenoxy) is 1. The molecule has 1 aromatic rings. The Hall–Kier alpha value is -1.82. The van der Waals surface area contributed by atoms with Gasteiger partial charge in [0.05, 0.1) is 17.0 Å². The van der Waals surface area contributed by atoms with Crippen LogP contribution in [-0.2, 0) is 16.1 Å². The van der Waals surface area contributed by atoms with Gasteiger partial charge in [0, 0.05) is 5.56 Å². The molecule has 0 bridgehead atoms. The topological polar surface area (TPSA) is 50.1 Å². The smallest absolute Gasteiger partial charge is 0.311 e. The van der Waals surface area contributed by atoms with Gasteiger partial charge in [0.2, 0.25) is 0 Å². The van der Waals surface area contributed by atoms with Gasteiger partial charge in [-0.25, -0.2) is 0 Å². The first-order chi connectivity index (χ1) is 7.45. The van der Waals surface area contributed by atoms with Crippen molar-refractivity contribution < 1.29 is 9.53 Å². The van der Waals surface area contributed by atoms with Crippen LogP contribution in [0.3, 0.4) is 0 Å². The Bertz CT molecular complexity index is 424. The molecule has 1 rings (SSSR count). The highest BCUT2D eigenvalue weighted by Gasteiger charge is 2.23. The van der Waals surface area contributed by atoms with Crippen LogP contribution in [0.25, 0.3) is 0 Å². The van der Waals surface area contributed by atoms with Crippen LogP contribution in [0.1, 0.15) is 31.9 Å². The first kappa shape index (κ1) is 12.3. The van der Waals surface area contributed by atoms with Gasteiger partial charge in [0.15, 0.2) is 0 Å². The zero-order chi connectivity index (χ0) is 12.2. The number of hydrogen-bond acceptors (Lipinski definition) is 3. The molecule has 1 aromatic carbocycles. The predicted octanol–water partition coefficient (Wildman–Crippen LogP) is 2.65. The van der Waals surface area contributed by atoms with Crippen molar-refractivity contribution in [2.24, 2.45) is 5.41 Å². The Morgan fingerprint density at radius 3 is 2.56 bits per heavy atom. The van der Waals surface area contributed by atoms with Crippen LogP contribution in [0.5, 0.6) is 0 Å². The minimum atomic E-state index is -0.512. The number of hydrogen-bond donors (Lipinski definition) is 0. The van der Waals surface area contributed by atoms with E-state index in [4.69, 9.17) is 10.00 Å². The van der Waals surface area contributed by atoms with Gasteiger partial charge in [0.25, 0.3) is 0 Å². The number of nitriles is 1. The van der Waals surface area contributed by atoms with E-state index in [1.54, 1.807) is 39.0 Å². The Balaban J connectivity index is 2.70. The molecule has 3 nitrogen and oxygen atoms in total. The normalized spacial score (nSPS) is 10.6. The molecule has 0 aliphatic carbocycles. The number of carbonyl (C=O) groups excluding carboxylic acids is 1. The van der Waals surface area contributed by atoms with Crippen LogP contribution in [0, 0.1) is 16.7 Å². The average Bonchev–Trinajstić information content (AvgIpc) is 2.24. The Morgan fingerprint density at radius 1 is 1.38 bits per heavy atom. The zero-order valence-electron chi connectivity index (χ0n) is 9.78. The highest BCUT2D eigenvalue weighted by Crippen LogP contribution is 2.17. The van der Waals surface area contributed by atoms with Gasteiger partial charge in [-0.2, -0.15) is 5.26 Å². The van der Waals surface area contributed by atoms with Gasteiger partial charge in [-0.05, 0) is 26.8 Å². The molecular formula is C13H15NO2. The van der Waals surface area contributed by atoms with Crippen LogP contribution in [0.15, 0.2) is 24.3 Å².